The third-order valence-electron chi connectivity index (χ3n) is 3.98. The molecule has 3 heterocycles. The first-order valence-corrected chi connectivity index (χ1v) is 8.43. The molecule has 2 N–H and O–H groups in total. The first kappa shape index (κ1) is 15.7. The van der Waals surface area contributed by atoms with Crippen LogP contribution in [0.15, 0.2) is 18.5 Å². The summed E-state index contributed by atoms with van der Waals surface area (Å²) in [6.07, 6.45) is 5.27. The summed E-state index contributed by atoms with van der Waals surface area (Å²) in [6, 6.07) is 1.99. The fourth-order valence-electron chi connectivity index (χ4n) is 2.74. The van der Waals surface area contributed by atoms with E-state index >= 15 is 0 Å². The van der Waals surface area contributed by atoms with Crippen LogP contribution in [0, 0.1) is 6.92 Å². The van der Waals surface area contributed by atoms with E-state index < -0.39 is 0 Å². The number of piperidine rings is 1. The lowest BCUT2D eigenvalue weighted by Crippen LogP contribution is -2.45. The van der Waals surface area contributed by atoms with Gasteiger partial charge in [0.2, 0.25) is 5.95 Å². The van der Waals surface area contributed by atoms with Gasteiger partial charge in [-0.2, -0.15) is 4.37 Å². The third-order valence-corrected chi connectivity index (χ3v) is 4.94. The number of nitrogens with one attached hydrogen (secondary N) is 2. The minimum absolute atomic E-state index is 0.0463. The Hall–Kier alpha value is -2.22. The molecule has 3 rings (SSSR count). The van der Waals surface area contributed by atoms with Crippen LogP contribution in [0.5, 0.6) is 0 Å². The number of carbonyl (C=O) groups excluding carboxylic acids is 1. The van der Waals surface area contributed by atoms with Crippen LogP contribution in [0.2, 0.25) is 0 Å². The maximum atomic E-state index is 12.5. The second-order valence-electron chi connectivity index (χ2n) is 5.51. The highest BCUT2D eigenvalue weighted by atomic mass is 32.1. The van der Waals surface area contributed by atoms with Crippen molar-refractivity contribution in [1.29, 1.82) is 0 Å². The molecule has 1 fully saturated rings. The fourth-order valence-corrected chi connectivity index (χ4v) is 3.49. The molecule has 2 aromatic rings. The molecule has 1 amide bonds. The molecule has 0 spiro atoms. The number of amides is 1. The number of anilines is 2. The van der Waals surface area contributed by atoms with Crippen molar-refractivity contribution in [3.05, 3.63) is 29.7 Å². The molecule has 0 saturated carbocycles. The minimum atomic E-state index is -0.0463. The Kier molecular flexibility index (Phi) is 4.71. The SMILES string of the molecule is CNc1snc(C)c1C(=O)NC1CCN(c2ncccn2)CC1. The van der Waals surface area contributed by atoms with Crippen LogP contribution in [0.4, 0.5) is 10.9 Å². The van der Waals surface area contributed by atoms with Gasteiger partial charge in [-0.1, -0.05) is 0 Å². The molecule has 122 valence electrons. The number of nitrogens with zero attached hydrogens (tertiary/aromatic N) is 4. The zero-order valence-corrected chi connectivity index (χ0v) is 14.1. The zero-order chi connectivity index (χ0) is 16.2. The van der Waals surface area contributed by atoms with Gasteiger partial charge in [0, 0.05) is 38.6 Å². The molecule has 0 atom stereocenters. The molecule has 0 aliphatic carbocycles. The number of hydrogen-bond donors (Lipinski definition) is 2. The first-order chi connectivity index (χ1) is 11.2. The van der Waals surface area contributed by atoms with Gasteiger partial charge < -0.3 is 15.5 Å². The summed E-state index contributed by atoms with van der Waals surface area (Å²) in [4.78, 5) is 23.2. The summed E-state index contributed by atoms with van der Waals surface area (Å²) in [5.74, 6) is 0.711. The van der Waals surface area contributed by atoms with Gasteiger partial charge in [0.15, 0.2) is 0 Å². The lowest BCUT2D eigenvalue weighted by atomic mass is 10.0. The van der Waals surface area contributed by atoms with Crippen LogP contribution in [0.25, 0.3) is 0 Å². The highest BCUT2D eigenvalue weighted by Crippen LogP contribution is 2.24. The van der Waals surface area contributed by atoms with Gasteiger partial charge in [-0.3, -0.25) is 4.79 Å². The number of aryl methyl sites for hydroxylation is 1. The Morgan fingerprint density at radius 1 is 1.30 bits per heavy atom. The van der Waals surface area contributed by atoms with Crippen LogP contribution >= 0.6 is 11.5 Å². The van der Waals surface area contributed by atoms with Gasteiger partial charge in [-0.05, 0) is 37.4 Å². The summed E-state index contributed by atoms with van der Waals surface area (Å²) >= 11 is 1.32. The highest BCUT2D eigenvalue weighted by molar-refractivity contribution is 7.10. The standard InChI is InChI=1S/C15H20N6OS/c1-10-12(14(16-2)23-20-10)13(22)19-11-4-8-21(9-5-11)15-17-6-3-7-18-15/h3,6-7,11,16H,4-5,8-9H2,1-2H3,(H,19,22). The van der Waals surface area contributed by atoms with E-state index in [2.05, 4.69) is 29.9 Å². The van der Waals surface area contributed by atoms with E-state index in [0.717, 1.165) is 42.6 Å². The van der Waals surface area contributed by atoms with Crippen molar-refractivity contribution < 1.29 is 4.79 Å². The smallest absolute Gasteiger partial charge is 0.256 e. The summed E-state index contributed by atoms with van der Waals surface area (Å²) in [7, 11) is 1.81. The van der Waals surface area contributed by atoms with Crippen molar-refractivity contribution >= 4 is 28.4 Å². The number of carbonyl (C=O) groups is 1. The lowest BCUT2D eigenvalue weighted by Gasteiger charge is -2.32. The van der Waals surface area contributed by atoms with Crippen molar-refractivity contribution in [1.82, 2.24) is 19.7 Å². The molecule has 0 unspecified atom stereocenters. The largest absolute Gasteiger partial charge is 0.378 e. The molecule has 7 nitrogen and oxygen atoms in total. The van der Waals surface area contributed by atoms with Gasteiger partial charge >= 0.3 is 0 Å². The van der Waals surface area contributed by atoms with Gasteiger partial charge in [-0.25, -0.2) is 9.97 Å². The average Bonchev–Trinajstić information content (AvgIpc) is 2.97. The van der Waals surface area contributed by atoms with Crippen molar-refractivity contribution in [2.24, 2.45) is 0 Å². The van der Waals surface area contributed by atoms with Gasteiger partial charge in [-0.15, -0.1) is 0 Å². The van der Waals surface area contributed by atoms with Crippen molar-refractivity contribution in [2.75, 3.05) is 30.4 Å². The average molecular weight is 332 g/mol. The molecule has 8 heteroatoms. The maximum absolute atomic E-state index is 12.5. The highest BCUT2D eigenvalue weighted by Gasteiger charge is 2.25. The maximum Gasteiger partial charge on any atom is 0.256 e. The second-order valence-corrected chi connectivity index (χ2v) is 6.28. The minimum Gasteiger partial charge on any atom is -0.378 e. The predicted molar refractivity (Wildman–Crippen MR) is 91.1 cm³/mol. The van der Waals surface area contributed by atoms with Crippen LogP contribution in [0.1, 0.15) is 28.9 Å². The molecular formula is C15H20N6OS. The molecule has 2 aromatic heterocycles. The normalized spacial score (nSPS) is 15.5. The van der Waals surface area contributed by atoms with Gasteiger partial charge in [0.25, 0.3) is 5.91 Å². The summed E-state index contributed by atoms with van der Waals surface area (Å²) in [5, 5.41) is 6.98. The van der Waals surface area contributed by atoms with E-state index in [0.29, 0.717) is 5.56 Å². The molecule has 1 aliphatic heterocycles. The monoisotopic (exact) mass is 332 g/mol. The van der Waals surface area contributed by atoms with E-state index in [1.807, 2.05) is 20.0 Å². The Balaban J connectivity index is 1.58. The second kappa shape index (κ2) is 6.91. The third kappa shape index (κ3) is 3.42. The van der Waals surface area contributed by atoms with Gasteiger partial charge in [0.05, 0.1) is 11.3 Å². The van der Waals surface area contributed by atoms with E-state index in [4.69, 9.17) is 0 Å². The molecule has 23 heavy (non-hydrogen) atoms. The van der Waals surface area contributed by atoms with Crippen LogP contribution in [0.3, 0.4) is 0 Å². The van der Waals surface area contributed by atoms with Crippen LogP contribution < -0.4 is 15.5 Å². The van der Waals surface area contributed by atoms with E-state index in [9.17, 15) is 4.79 Å². The van der Waals surface area contributed by atoms with E-state index in [1.165, 1.54) is 11.5 Å². The fraction of sp³-hybridized carbons (Fsp3) is 0.467. The van der Waals surface area contributed by atoms with Crippen LogP contribution in [-0.2, 0) is 0 Å². The number of rotatable bonds is 4. The topological polar surface area (TPSA) is 83.0 Å². The molecular weight excluding hydrogens is 312 g/mol. The quantitative estimate of drug-likeness (QED) is 0.886. The molecule has 0 radical (unpaired) electrons. The van der Waals surface area contributed by atoms with Gasteiger partial charge in [0.1, 0.15) is 5.00 Å². The summed E-state index contributed by atoms with van der Waals surface area (Å²) in [5.41, 5.74) is 1.43. The Morgan fingerprint density at radius 2 is 2.00 bits per heavy atom. The Morgan fingerprint density at radius 3 is 2.65 bits per heavy atom. The summed E-state index contributed by atoms with van der Waals surface area (Å²) in [6.45, 7) is 3.55. The molecule has 1 aliphatic rings. The number of aromatic nitrogens is 3. The Labute approximate surface area is 139 Å². The van der Waals surface area contributed by atoms with E-state index in [-0.39, 0.29) is 11.9 Å². The molecule has 0 bridgehead atoms. The molecule has 1 saturated heterocycles. The zero-order valence-electron chi connectivity index (χ0n) is 13.2. The van der Waals surface area contributed by atoms with Crippen molar-refractivity contribution in [3.8, 4) is 0 Å². The van der Waals surface area contributed by atoms with E-state index in [1.54, 1.807) is 12.4 Å². The Bertz CT molecular complexity index is 666. The lowest BCUT2D eigenvalue weighted by molar-refractivity contribution is 0.0931. The first-order valence-electron chi connectivity index (χ1n) is 7.66. The predicted octanol–water partition coefficient (Wildman–Crippen LogP) is 1.68. The van der Waals surface area contributed by atoms with Crippen molar-refractivity contribution in [2.45, 2.75) is 25.8 Å². The summed E-state index contributed by atoms with van der Waals surface area (Å²) < 4.78 is 4.25. The number of hydrogen-bond acceptors (Lipinski definition) is 7. The van der Waals surface area contributed by atoms with Crippen LogP contribution in [-0.4, -0.2) is 46.4 Å². The van der Waals surface area contributed by atoms with Crippen molar-refractivity contribution in [3.63, 3.8) is 0 Å². The molecule has 0 aromatic carbocycles.